The van der Waals surface area contributed by atoms with Gasteiger partial charge >= 0.3 is 0 Å². The Labute approximate surface area is 96.9 Å². The average Bonchev–Trinajstić information content (AvgIpc) is 2.59. The van der Waals surface area contributed by atoms with Gasteiger partial charge in [0.15, 0.2) is 0 Å². The maximum absolute atomic E-state index is 9.95. The molecule has 1 heterocycles. The quantitative estimate of drug-likeness (QED) is 0.789. The van der Waals surface area contributed by atoms with Crippen LogP contribution in [0.3, 0.4) is 0 Å². The van der Waals surface area contributed by atoms with Gasteiger partial charge in [0.05, 0.1) is 17.4 Å². The smallest absolute Gasteiger partial charge is 0.0879 e. The van der Waals surface area contributed by atoms with Crippen LogP contribution in [-0.2, 0) is 19.9 Å². The first kappa shape index (κ1) is 13.2. The van der Waals surface area contributed by atoms with Gasteiger partial charge in [-0.1, -0.05) is 13.8 Å². The molecule has 2 N–H and O–H groups in total. The largest absolute Gasteiger partial charge is 0.390 e. The SMILES string of the molecule is CCc1cc(CC(O)C(C)(O)CC)n(C)n1. The Morgan fingerprint density at radius 1 is 1.50 bits per heavy atom. The molecule has 0 fully saturated rings. The van der Waals surface area contributed by atoms with Crippen molar-refractivity contribution >= 4 is 0 Å². The fraction of sp³-hybridized carbons (Fsp3) is 0.750. The number of nitrogens with zero attached hydrogens (tertiary/aromatic N) is 2. The Bertz CT molecular complexity index is 345. The Balaban J connectivity index is 2.76. The Morgan fingerprint density at radius 2 is 2.12 bits per heavy atom. The summed E-state index contributed by atoms with van der Waals surface area (Å²) in [6, 6.07) is 1.98. The van der Waals surface area contributed by atoms with Crippen molar-refractivity contribution in [3.05, 3.63) is 17.5 Å². The molecule has 0 aliphatic rings. The topological polar surface area (TPSA) is 58.3 Å². The van der Waals surface area contributed by atoms with Gasteiger partial charge in [-0.3, -0.25) is 4.68 Å². The summed E-state index contributed by atoms with van der Waals surface area (Å²) in [6.07, 6.45) is 1.10. The van der Waals surface area contributed by atoms with Crippen LogP contribution in [0.1, 0.15) is 38.6 Å². The second-order valence-corrected chi connectivity index (χ2v) is 4.53. The Morgan fingerprint density at radius 3 is 2.56 bits per heavy atom. The monoisotopic (exact) mass is 226 g/mol. The second-order valence-electron chi connectivity index (χ2n) is 4.53. The first-order valence-electron chi connectivity index (χ1n) is 5.83. The van der Waals surface area contributed by atoms with Crippen molar-refractivity contribution < 1.29 is 10.2 Å². The molecule has 0 aliphatic heterocycles. The molecule has 92 valence electrons. The number of aliphatic hydroxyl groups is 2. The van der Waals surface area contributed by atoms with Gasteiger partial charge in [0.1, 0.15) is 0 Å². The normalized spacial score (nSPS) is 17.1. The number of aromatic nitrogens is 2. The van der Waals surface area contributed by atoms with Crippen LogP contribution in [0.5, 0.6) is 0 Å². The highest BCUT2D eigenvalue weighted by molar-refractivity contribution is 5.12. The van der Waals surface area contributed by atoms with E-state index < -0.39 is 11.7 Å². The van der Waals surface area contributed by atoms with E-state index >= 15 is 0 Å². The highest BCUT2D eigenvalue weighted by Crippen LogP contribution is 2.18. The lowest BCUT2D eigenvalue weighted by atomic mass is 9.93. The van der Waals surface area contributed by atoms with Crippen LogP contribution in [0.25, 0.3) is 0 Å². The molecular formula is C12H22N2O2. The summed E-state index contributed by atoms with van der Waals surface area (Å²) in [5, 5.41) is 24.2. The van der Waals surface area contributed by atoms with Crippen molar-refractivity contribution in [2.24, 2.45) is 7.05 Å². The average molecular weight is 226 g/mol. The molecule has 1 rings (SSSR count). The molecule has 0 bridgehead atoms. The summed E-state index contributed by atoms with van der Waals surface area (Å²) in [4.78, 5) is 0. The highest BCUT2D eigenvalue weighted by Gasteiger charge is 2.29. The summed E-state index contributed by atoms with van der Waals surface area (Å²) in [5.41, 5.74) is 0.940. The van der Waals surface area contributed by atoms with Gasteiger partial charge in [0, 0.05) is 19.2 Å². The predicted molar refractivity (Wildman–Crippen MR) is 63.2 cm³/mol. The fourth-order valence-corrected chi connectivity index (χ4v) is 1.59. The summed E-state index contributed by atoms with van der Waals surface area (Å²) in [5.74, 6) is 0. The fourth-order valence-electron chi connectivity index (χ4n) is 1.59. The van der Waals surface area contributed by atoms with Crippen LogP contribution < -0.4 is 0 Å². The van der Waals surface area contributed by atoms with Gasteiger partial charge in [-0.05, 0) is 25.8 Å². The van der Waals surface area contributed by atoms with Crippen molar-refractivity contribution in [2.75, 3.05) is 0 Å². The standard InChI is InChI=1S/C12H22N2O2/c1-5-9-7-10(14(4)13-9)8-11(15)12(3,16)6-2/h7,11,15-16H,5-6,8H2,1-4H3. The molecule has 16 heavy (non-hydrogen) atoms. The molecular weight excluding hydrogens is 204 g/mol. The van der Waals surface area contributed by atoms with Crippen LogP contribution in [0, 0.1) is 0 Å². The molecule has 0 amide bonds. The summed E-state index contributed by atoms with van der Waals surface area (Å²) < 4.78 is 1.77. The van der Waals surface area contributed by atoms with Crippen molar-refractivity contribution in [2.45, 2.75) is 51.7 Å². The van der Waals surface area contributed by atoms with E-state index in [9.17, 15) is 10.2 Å². The van der Waals surface area contributed by atoms with E-state index in [-0.39, 0.29) is 0 Å². The molecule has 0 aliphatic carbocycles. The lowest BCUT2D eigenvalue weighted by Gasteiger charge is -2.27. The van der Waals surface area contributed by atoms with Crippen LogP contribution in [0.4, 0.5) is 0 Å². The first-order chi connectivity index (χ1) is 7.40. The van der Waals surface area contributed by atoms with E-state index in [1.54, 1.807) is 11.6 Å². The zero-order valence-electron chi connectivity index (χ0n) is 10.6. The van der Waals surface area contributed by atoms with Crippen molar-refractivity contribution in [1.82, 2.24) is 9.78 Å². The van der Waals surface area contributed by atoms with Crippen molar-refractivity contribution in [3.63, 3.8) is 0 Å². The molecule has 0 aromatic carbocycles. The summed E-state index contributed by atoms with van der Waals surface area (Å²) >= 11 is 0. The van der Waals surface area contributed by atoms with Gasteiger partial charge in [-0.25, -0.2) is 0 Å². The number of aliphatic hydroxyl groups excluding tert-OH is 1. The third kappa shape index (κ3) is 2.83. The minimum absolute atomic E-state index is 0.435. The van der Waals surface area contributed by atoms with Crippen LogP contribution in [-0.4, -0.2) is 31.7 Å². The van der Waals surface area contributed by atoms with Gasteiger partial charge in [0.2, 0.25) is 0 Å². The van der Waals surface area contributed by atoms with E-state index in [4.69, 9.17) is 0 Å². The maximum Gasteiger partial charge on any atom is 0.0879 e. The molecule has 2 atom stereocenters. The van der Waals surface area contributed by atoms with E-state index in [0.717, 1.165) is 17.8 Å². The third-order valence-corrected chi connectivity index (χ3v) is 3.23. The zero-order valence-corrected chi connectivity index (χ0v) is 10.6. The zero-order chi connectivity index (χ0) is 12.3. The van der Waals surface area contributed by atoms with Crippen molar-refractivity contribution in [1.29, 1.82) is 0 Å². The van der Waals surface area contributed by atoms with E-state index in [1.165, 1.54) is 0 Å². The van der Waals surface area contributed by atoms with E-state index in [1.807, 2.05) is 27.0 Å². The molecule has 1 aromatic rings. The molecule has 0 saturated carbocycles. The number of hydrogen-bond acceptors (Lipinski definition) is 3. The molecule has 4 heteroatoms. The lowest BCUT2D eigenvalue weighted by molar-refractivity contribution is -0.0636. The molecule has 0 spiro atoms. The number of rotatable bonds is 5. The Hall–Kier alpha value is -0.870. The van der Waals surface area contributed by atoms with Gasteiger partial charge in [0.25, 0.3) is 0 Å². The summed E-state index contributed by atoms with van der Waals surface area (Å²) in [6.45, 7) is 5.57. The minimum Gasteiger partial charge on any atom is -0.390 e. The highest BCUT2D eigenvalue weighted by atomic mass is 16.3. The van der Waals surface area contributed by atoms with Gasteiger partial charge < -0.3 is 10.2 Å². The van der Waals surface area contributed by atoms with Crippen LogP contribution >= 0.6 is 0 Å². The molecule has 4 nitrogen and oxygen atoms in total. The predicted octanol–water partition coefficient (Wildman–Crippen LogP) is 1.05. The minimum atomic E-state index is -1.03. The first-order valence-corrected chi connectivity index (χ1v) is 5.83. The molecule has 0 radical (unpaired) electrons. The van der Waals surface area contributed by atoms with Gasteiger partial charge in [-0.2, -0.15) is 5.10 Å². The molecule has 0 saturated heterocycles. The maximum atomic E-state index is 9.95. The lowest BCUT2D eigenvalue weighted by Crippen LogP contribution is -2.40. The van der Waals surface area contributed by atoms with Crippen molar-refractivity contribution in [3.8, 4) is 0 Å². The third-order valence-electron chi connectivity index (χ3n) is 3.23. The number of hydrogen-bond donors (Lipinski definition) is 2. The molecule has 1 aromatic heterocycles. The van der Waals surface area contributed by atoms with Crippen LogP contribution in [0.2, 0.25) is 0 Å². The Kier molecular flexibility index (Phi) is 4.10. The second kappa shape index (κ2) is 4.97. The van der Waals surface area contributed by atoms with E-state index in [0.29, 0.717) is 12.8 Å². The van der Waals surface area contributed by atoms with E-state index in [2.05, 4.69) is 5.10 Å². The number of aryl methyl sites for hydroxylation is 2. The van der Waals surface area contributed by atoms with Gasteiger partial charge in [-0.15, -0.1) is 0 Å². The van der Waals surface area contributed by atoms with Crippen LogP contribution in [0.15, 0.2) is 6.07 Å². The summed E-state index contributed by atoms with van der Waals surface area (Å²) in [7, 11) is 1.86. The molecule has 2 unspecified atom stereocenters.